The molecule has 0 radical (unpaired) electrons. The maximum absolute atomic E-state index is 10.4. The van der Waals surface area contributed by atoms with Crippen LogP contribution >= 0.6 is 0 Å². The fraction of sp³-hybridized carbons (Fsp3) is 0.250. The number of benzene rings is 1. The van der Waals surface area contributed by atoms with Crippen LogP contribution in [0.5, 0.6) is 5.75 Å². The lowest BCUT2D eigenvalue weighted by Gasteiger charge is -2.05. The molecular weight excluding hydrogens is 208 g/mol. The Bertz CT molecular complexity index is 384. The van der Waals surface area contributed by atoms with Crippen molar-refractivity contribution in [3.8, 4) is 5.75 Å². The number of carboxylic acids is 1. The highest BCUT2D eigenvalue weighted by molar-refractivity contribution is 5.85. The minimum atomic E-state index is -1.04. The van der Waals surface area contributed by atoms with Crippen molar-refractivity contribution in [1.82, 2.24) is 0 Å². The van der Waals surface area contributed by atoms with Crippen LogP contribution in [0.25, 0.3) is 0 Å². The molecule has 16 heavy (non-hydrogen) atoms. The third-order valence-electron chi connectivity index (χ3n) is 1.98. The molecule has 0 amide bonds. The van der Waals surface area contributed by atoms with E-state index in [9.17, 15) is 4.79 Å². The van der Waals surface area contributed by atoms with Crippen LogP contribution in [0.3, 0.4) is 0 Å². The molecule has 0 bridgehead atoms. The summed E-state index contributed by atoms with van der Waals surface area (Å²) >= 11 is 0. The molecule has 0 atom stereocenters. The Kier molecular flexibility index (Phi) is 4.54. The monoisotopic (exact) mass is 222 g/mol. The summed E-state index contributed by atoms with van der Waals surface area (Å²) in [6, 6.07) is 7.40. The van der Waals surface area contributed by atoms with Crippen LogP contribution in [-0.2, 0) is 16.1 Å². The van der Waals surface area contributed by atoms with Crippen molar-refractivity contribution in [2.45, 2.75) is 6.61 Å². The molecular formula is C12H14O4. The van der Waals surface area contributed by atoms with Gasteiger partial charge in [-0.15, -0.1) is 0 Å². The zero-order valence-corrected chi connectivity index (χ0v) is 9.10. The van der Waals surface area contributed by atoms with Crippen LogP contribution < -0.4 is 4.74 Å². The van der Waals surface area contributed by atoms with Crippen molar-refractivity contribution < 1.29 is 19.4 Å². The first-order chi connectivity index (χ1) is 7.63. The van der Waals surface area contributed by atoms with Crippen molar-refractivity contribution in [1.29, 1.82) is 0 Å². The van der Waals surface area contributed by atoms with E-state index in [4.69, 9.17) is 14.6 Å². The molecule has 0 aliphatic carbocycles. The molecule has 0 aromatic heterocycles. The second-order valence-electron chi connectivity index (χ2n) is 3.25. The molecule has 0 unspecified atom stereocenters. The van der Waals surface area contributed by atoms with Gasteiger partial charge in [-0.3, -0.25) is 0 Å². The lowest BCUT2D eigenvalue weighted by molar-refractivity contribution is -0.133. The first-order valence-corrected chi connectivity index (χ1v) is 4.75. The van der Waals surface area contributed by atoms with Crippen molar-refractivity contribution in [2.75, 3.05) is 13.7 Å². The van der Waals surface area contributed by atoms with Crippen LogP contribution in [0.4, 0.5) is 0 Å². The Morgan fingerprint density at radius 3 is 2.88 bits per heavy atom. The molecule has 1 N–H and O–H groups in total. The average Bonchev–Trinajstić information content (AvgIpc) is 2.29. The molecule has 86 valence electrons. The van der Waals surface area contributed by atoms with Crippen molar-refractivity contribution in [3.63, 3.8) is 0 Å². The third kappa shape index (κ3) is 3.74. The molecule has 0 saturated heterocycles. The normalized spacial score (nSPS) is 9.81. The summed E-state index contributed by atoms with van der Waals surface area (Å²) in [6.45, 7) is 3.73. The summed E-state index contributed by atoms with van der Waals surface area (Å²) in [6.07, 6.45) is 0. The van der Waals surface area contributed by atoms with Crippen LogP contribution in [0.2, 0.25) is 0 Å². The number of hydrogen-bond acceptors (Lipinski definition) is 3. The van der Waals surface area contributed by atoms with Gasteiger partial charge < -0.3 is 14.6 Å². The van der Waals surface area contributed by atoms with Gasteiger partial charge in [-0.2, -0.15) is 0 Å². The highest BCUT2D eigenvalue weighted by atomic mass is 16.5. The molecule has 1 rings (SSSR count). The maximum Gasteiger partial charge on any atom is 0.333 e. The summed E-state index contributed by atoms with van der Waals surface area (Å²) < 4.78 is 10.3. The van der Waals surface area contributed by atoms with Gasteiger partial charge in [0.1, 0.15) is 5.75 Å². The van der Waals surface area contributed by atoms with E-state index in [0.29, 0.717) is 6.61 Å². The first-order valence-electron chi connectivity index (χ1n) is 4.75. The van der Waals surface area contributed by atoms with Crippen LogP contribution in [0.1, 0.15) is 5.56 Å². The van der Waals surface area contributed by atoms with E-state index in [1.165, 1.54) is 0 Å². The smallest absolute Gasteiger partial charge is 0.333 e. The third-order valence-corrected chi connectivity index (χ3v) is 1.98. The van der Waals surface area contributed by atoms with Gasteiger partial charge in [0.2, 0.25) is 0 Å². The van der Waals surface area contributed by atoms with Crippen LogP contribution in [0.15, 0.2) is 36.4 Å². The number of ether oxygens (including phenoxy) is 2. The summed E-state index contributed by atoms with van der Waals surface area (Å²) in [4.78, 5) is 10.4. The van der Waals surface area contributed by atoms with E-state index >= 15 is 0 Å². The second kappa shape index (κ2) is 5.92. The summed E-state index contributed by atoms with van der Waals surface area (Å²) in [7, 11) is 1.59. The standard InChI is InChI=1S/C12H14O4/c1-9(12(13)14)7-16-8-10-4-3-5-11(6-10)15-2/h3-6H,1,7-8H2,2H3,(H,13,14). The van der Waals surface area contributed by atoms with Gasteiger partial charge >= 0.3 is 5.97 Å². The topological polar surface area (TPSA) is 55.8 Å². The van der Waals surface area contributed by atoms with Crippen molar-refractivity contribution >= 4 is 5.97 Å². The Balaban J connectivity index is 2.42. The highest BCUT2D eigenvalue weighted by Crippen LogP contribution is 2.13. The molecule has 0 heterocycles. The molecule has 0 spiro atoms. The van der Waals surface area contributed by atoms with Gasteiger partial charge in [0.05, 0.1) is 25.9 Å². The molecule has 4 heteroatoms. The zero-order chi connectivity index (χ0) is 12.0. The molecule has 0 aliphatic heterocycles. The lowest BCUT2D eigenvalue weighted by atomic mass is 10.2. The van der Waals surface area contributed by atoms with Gasteiger partial charge in [0.25, 0.3) is 0 Å². The van der Waals surface area contributed by atoms with Crippen LogP contribution in [0, 0.1) is 0 Å². The van der Waals surface area contributed by atoms with E-state index in [2.05, 4.69) is 6.58 Å². The van der Waals surface area contributed by atoms with E-state index in [1.54, 1.807) is 7.11 Å². The van der Waals surface area contributed by atoms with E-state index < -0.39 is 5.97 Å². The number of methoxy groups -OCH3 is 1. The molecule has 0 fully saturated rings. The van der Waals surface area contributed by atoms with Gasteiger partial charge in [-0.25, -0.2) is 4.79 Å². The SMILES string of the molecule is C=C(COCc1cccc(OC)c1)C(=O)O. The molecule has 0 saturated carbocycles. The predicted molar refractivity (Wildman–Crippen MR) is 59.4 cm³/mol. The summed E-state index contributed by atoms with van der Waals surface area (Å²) in [5.74, 6) is -0.288. The van der Waals surface area contributed by atoms with Crippen molar-refractivity contribution in [3.05, 3.63) is 42.0 Å². The second-order valence-corrected chi connectivity index (χ2v) is 3.25. The largest absolute Gasteiger partial charge is 0.497 e. The zero-order valence-electron chi connectivity index (χ0n) is 9.10. The fourth-order valence-corrected chi connectivity index (χ4v) is 1.12. The minimum Gasteiger partial charge on any atom is -0.497 e. The van der Waals surface area contributed by atoms with E-state index in [1.807, 2.05) is 24.3 Å². The number of aliphatic carboxylic acids is 1. The van der Waals surface area contributed by atoms with Crippen LogP contribution in [-0.4, -0.2) is 24.8 Å². The van der Waals surface area contributed by atoms with Gasteiger partial charge in [-0.1, -0.05) is 18.7 Å². The average molecular weight is 222 g/mol. The molecule has 1 aromatic carbocycles. The van der Waals surface area contributed by atoms with Gasteiger partial charge in [-0.05, 0) is 17.7 Å². The Hall–Kier alpha value is -1.81. The summed E-state index contributed by atoms with van der Waals surface area (Å²) in [5.41, 5.74) is 0.973. The quantitative estimate of drug-likeness (QED) is 0.746. The first kappa shape index (κ1) is 12.3. The molecule has 4 nitrogen and oxygen atoms in total. The van der Waals surface area contributed by atoms with Gasteiger partial charge in [0.15, 0.2) is 0 Å². The van der Waals surface area contributed by atoms with Crippen molar-refractivity contribution in [2.24, 2.45) is 0 Å². The molecule has 1 aromatic rings. The minimum absolute atomic E-state index is 0.0204. The Labute approximate surface area is 94.1 Å². The fourth-order valence-electron chi connectivity index (χ4n) is 1.12. The summed E-state index contributed by atoms with van der Waals surface area (Å²) in [5, 5.41) is 8.56. The molecule has 0 aliphatic rings. The predicted octanol–water partition coefficient (Wildman–Crippen LogP) is 1.85. The maximum atomic E-state index is 10.4. The Morgan fingerprint density at radius 2 is 2.25 bits per heavy atom. The Morgan fingerprint density at radius 1 is 1.50 bits per heavy atom. The number of carbonyl (C=O) groups is 1. The number of rotatable bonds is 6. The lowest BCUT2D eigenvalue weighted by Crippen LogP contribution is -2.06. The van der Waals surface area contributed by atoms with Gasteiger partial charge in [0, 0.05) is 0 Å². The van der Waals surface area contributed by atoms with E-state index in [-0.39, 0.29) is 12.2 Å². The number of carboxylic acid groups (broad SMARTS) is 1. The number of hydrogen-bond donors (Lipinski definition) is 1. The van der Waals surface area contributed by atoms with E-state index in [0.717, 1.165) is 11.3 Å². The highest BCUT2D eigenvalue weighted by Gasteiger charge is 2.03.